The summed E-state index contributed by atoms with van der Waals surface area (Å²) < 4.78 is 11.5. The van der Waals surface area contributed by atoms with Gasteiger partial charge in [0.2, 0.25) is 0 Å². The van der Waals surface area contributed by atoms with E-state index in [1.54, 1.807) is 0 Å². The Morgan fingerprint density at radius 2 is 2.57 bits per heavy atom. The molecule has 0 amide bonds. The zero-order valence-corrected chi connectivity index (χ0v) is 4.08. The van der Waals surface area contributed by atoms with E-state index in [0.29, 0.717) is 6.33 Å². The number of hydrogen-bond acceptors (Lipinski definition) is 1. The van der Waals surface area contributed by atoms with Gasteiger partial charge in [-0.1, -0.05) is 0 Å². The first-order valence-electron chi connectivity index (χ1n) is 2.46. The summed E-state index contributed by atoms with van der Waals surface area (Å²) in [5, 5.41) is 2.89. The summed E-state index contributed by atoms with van der Waals surface area (Å²) in [5.41, 5.74) is 0.750. The molecule has 1 fully saturated rings. The Bertz CT molecular complexity index is 80.1. The molecule has 0 aromatic rings. The minimum atomic E-state index is 0.646. The SMILES string of the molecule is F/C=C1/CCCN1. The van der Waals surface area contributed by atoms with Gasteiger partial charge in [0.05, 0.1) is 0 Å². The fourth-order valence-corrected chi connectivity index (χ4v) is 0.709. The van der Waals surface area contributed by atoms with Crippen molar-refractivity contribution in [3.05, 3.63) is 12.0 Å². The minimum Gasteiger partial charge on any atom is -0.386 e. The van der Waals surface area contributed by atoms with Gasteiger partial charge in [0.25, 0.3) is 0 Å². The maximum atomic E-state index is 11.5. The number of allylic oxidation sites excluding steroid dienone is 1. The Kier molecular flexibility index (Phi) is 1.29. The fourth-order valence-electron chi connectivity index (χ4n) is 0.709. The Morgan fingerprint density at radius 3 is 2.86 bits per heavy atom. The van der Waals surface area contributed by atoms with Crippen LogP contribution in [0.4, 0.5) is 4.39 Å². The van der Waals surface area contributed by atoms with Crippen LogP contribution < -0.4 is 5.32 Å². The van der Waals surface area contributed by atoms with Crippen LogP contribution in [0.5, 0.6) is 0 Å². The smallest absolute Gasteiger partial charge is 0.106 e. The van der Waals surface area contributed by atoms with Crippen LogP contribution in [0.15, 0.2) is 12.0 Å². The van der Waals surface area contributed by atoms with E-state index in [1.807, 2.05) is 0 Å². The van der Waals surface area contributed by atoms with Gasteiger partial charge in [0.1, 0.15) is 6.33 Å². The van der Waals surface area contributed by atoms with Crippen LogP contribution in [0, 0.1) is 0 Å². The maximum absolute atomic E-state index is 11.5. The molecule has 0 aliphatic carbocycles. The Morgan fingerprint density at radius 1 is 1.71 bits per heavy atom. The second-order valence-electron chi connectivity index (χ2n) is 1.66. The van der Waals surface area contributed by atoms with Crippen molar-refractivity contribution in [2.45, 2.75) is 12.8 Å². The third-order valence-electron chi connectivity index (χ3n) is 1.11. The first-order chi connectivity index (χ1) is 3.43. The first-order valence-corrected chi connectivity index (χ1v) is 2.46. The highest BCUT2D eigenvalue weighted by Crippen LogP contribution is 2.07. The summed E-state index contributed by atoms with van der Waals surface area (Å²) in [6.07, 6.45) is 2.61. The molecule has 1 N–H and O–H groups in total. The molecule has 0 aromatic heterocycles. The molecule has 0 atom stereocenters. The molecule has 1 rings (SSSR count). The summed E-state index contributed by atoms with van der Waals surface area (Å²) >= 11 is 0. The van der Waals surface area contributed by atoms with Crippen molar-refractivity contribution in [2.24, 2.45) is 0 Å². The van der Waals surface area contributed by atoms with Crippen LogP contribution in [-0.4, -0.2) is 6.54 Å². The van der Waals surface area contributed by atoms with E-state index in [4.69, 9.17) is 0 Å². The first kappa shape index (κ1) is 4.62. The van der Waals surface area contributed by atoms with Crippen molar-refractivity contribution in [2.75, 3.05) is 6.54 Å². The van der Waals surface area contributed by atoms with Crippen LogP contribution >= 0.6 is 0 Å². The normalized spacial score (nSPS) is 25.6. The van der Waals surface area contributed by atoms with Crippen molar-refractivity contribution in [1.29, 1.82) is 0 Å². The Hall–Kier alpha value is -0.530. The number of rotatable bonds is 0. The Balaban J connectivity index is 2.41. The van der Waals surface area contributed by atoms with Gasteiger partial charge in [-0.05, 0) is 12.8 Å². The zero-order valence-electron chi connectivity index (χ0n) is 4.08. The number of halogens is 1. The van der Waals surface area contributed by atoms with Crippen molar-refractivity contribution < 1.29 is 4.39 Å². The summed E-state index contributed by atoms with van der Waals surface area (Å²) in [5.74, 6) is 0. The van der Waals surface area contributed by atoms with E-state index in [9.17, 15) is 4.39 Å². The van der Waals surface area contributed by atoms with Gasteiger partial charge in [-0.25, -0.2) is 4.39 Å². The molecule has 2 heteroatoms. The van der Waals surface area contributed by atoms with Crippen LogP contribution in [0.1, 0.15) is 12.8 Å². The molecule has 0 spiro atoms. The van der Waals surface area contributed by atoms with Crippen molar-refractivity contribution in [3.63, 3.8) is 0 Å². The second-order valence-corrected chi connectivity index (χ2v) is 1.66. The van der Waals surface area contributed by atoms with Crippen LogP contribution in [0.3, 0.4) is 0 Å². The average molecular weight is 101 g/mol. The molecule has 1 nitrogen and oxygen atoms in total. The predicted molar refractivity (Wildman–Crippen MR) is 26.4 cm³/mol. The van der Waals surface area contributed by atoms with E-state index < -0.39 is 0 Å². The lowest BCUT2D eigenvalue weighted by molar-refractivity contribution is 0.695. The lowest BCUT2D eigenvalue weighted by Crippen LogP contribution is -2.01. The largest absolute Gasteiger partial charge is 0.386 e. The topological polar surface area (TPSA) is 12.0 Å². The summed E-state index contributed by atoms with van der Waals surface area (Å²) in [6.45, 7) is 0.940. The van der Waals surface area contributed by atoms with Crippen molar-refractivity contribution in [1.82, 2.24) is 5.32 Å². The molecule has 0 bridgehead atoms. The van der Waals surface area contributed by atoms with Gasteiger partial charge in [-0.3, -0.25) is 0 Å². The molecular formula is C5H8FN. The van der Waals surface area contributed by atoms with Gasteiger partial charge in [0.15, 0.2) is 0 Å². The van der Waals surface area contributed by atoms with Crippen molar-refractivity contribution in [3.8, 4) is 0 Å². The third kappa shape index (κ3) is 0.918. The monoisotopic (exact) mass is 101 g/mol. The molecule has 1 saturated heterocycles. The minimum absolute atomic E-state index is 0.646. The predicted octanol–water partition coefficient (Wildman–Crippen LogP) is 1.18. The zero-order chi connectivity index (χ0) is 5.11. The standard InChI is InChI=1S/C5H8FN/c6-4-5-2-1-3-7-5/h4,7H,1-3H2/b5-4-. The number of nitrogens with one attached hydrogen (secondary N) is 1. The lowest BCUT2D eigenvalue weighted by Gasteiger charge is -1.88. The maximum Gasteiger partial charge on any atom is 0.106 e. The van der Waals surface area contributed by atoms with E-state index in [2.05, 4.69) is 5.32 Å². The molecule has 0 aromatic carbocycles. The van der Waals surface area contributed by atoms with Crippen LogP contribution in [-0.2, 0) is 0 Å². The van der Waals surface area contributed by atoms with Gasteiger partial charge in [-0.2, -0.15) is 0 Å². The second kappa shape index (κ2) is 1.96. The molecule has 0 unspecified atom stereocenters. The van der Waals surface area contributed by atoms with Gasteiger partial charge in [-0.15, -0.1) is 0 Å². The molecular weight excluding hydrogens is 93.1 g/mol. The van der Waals surface area contributed by atoms with E-state index in [0.717, 1.165) is 25.1 Å². The van der Waals surface area contributed by atoms with Crippen molar-refractivity contribution >= 4 is 0 Å². The van der Waals surface area contributed by atoms with E-state index in [1.165, 1.54) is 0 Å². The van der Waals surface area contributed by atoms with Crippen LogP contribution in [0.2, 0.25) is 0 Å². The summed E-state index contributed by atoms with van der Waals surface area (Å²) in [6, 6.07) is 0. The summed E-state index contributed by atoms with van der Waals surface area (Å²) in [7, 11) is 0. The van der Waals surface area contributed by atoms with Gasteiger partial charge >= 0.3 is 0 Å². The molecule has 40 valence electrons. The van der Waals surface area contributed by atoms with Gasteiger partial charge < -0.3 is 5.32 Å². The molecule has 0 radical (unpaired) electrons. The molecule has 1 aliphatic rings. The average Bonchev–Trinajstić information content (AvgIpc) is 2.14. The van der Waals surface area contributed by atoms with Crippen LogP contribution in [0.25, 0.3) is 0 Å². The Labute approximate surface area is 42.2 Å². The lowest BCUT2D eigenvalue weighted by atomic mass is 10.3. The highest BCUT2D eigenvalue weighted by atomic mass is 19.1. The summed E-state index contributed by atoms with van der Waals surface area (Å²) in [4.78, 5) is 0. The molecule has 7 heavy (non-hydrogen) atoms. The van der Waals surface area contributed by atoms with E-state index >= 15 is 0 Å². The number of hydrogen-bond donors (Lipinski definition) is 1. The quantitative estimate of drug-likeness (QED) is 0.483. The van der Waals surface area contributed by atoms with Gasteiger partial charge in [0, 0.05) is 12.2 Å². The molecule has 1 heterocycles. The third-order valence-corrected chi connectivity index (χ3v) is 1.11. The highest BCUT2D eigenvalue weighted by molar-refractivity contribution is 4.98. The fraction of sp³-hybridized carbons (Fsp3) is 0.600. The molecule has 1 aliphatic heterocycles. The molecule has 0 saturated carbocycles. The van der Waals surface area contributed by atoms with E-state index in [-0.39, 0.29) is 0 Å². The highest BCUT2D eigenvalue weighted by Gasteiger charge is 2.02.